The number of para-hydroxylation sites is 1. The summed E-state index contributed by atoms with van der Waals surface area (Å²) in [6.07, 6.45) is 20.0. The molecule has 0 radical (unpaired) electrons. The summed E-state index contributed by atoms with van der Waals surface area (Å²) >= 11 is 0. The molecule has 0 heterocycles. The van der Waals surface area contributed by atoms with Gasteiger partial charge in [-0.15, -0.1) is 0 Å². The van der Waals surface area contributed by atoms with E-state index in [1.165, 1.54) is 11.4 Å². The third-order valence-electron chi connectivity index (χ3n) is 3.12. The standard InChI is InChI=1S/C19H21N/c1-2-3-4-12-17-20(19-15-10-7-11-16-19)18-13-8-5-6-9-14-18/h2-13,15-16H,14,17H2,1H3/b3-2-,12-4-. The molecule has 0 N–H and O–H groups in total. The van der Waals surface area contributed by atoms with Crippen LogP contribution in [-0.2, 0) is 0 Å². The number of anilines is 1. The third kappa shape index (κ3) is 4.13. The first-order chi connectivity index (χ1) is 9.92. The van der Waals surface area contributed by atoms with Crippen molar-refractivity contribution in [3.05, 3.63) is 90.7 Å². The molecular weight excluding hydrogens is 242 g/mol. The van der Waals surface area contributed by atoms with Gasteiger partial charge in [0.15, 0.2) is 0 Å². The van der Waals surface area contributed by atoms with E-state index in [1.807, 2.05) is 13.0 Å². The molecule has 2 rings (SSSR count). The molecule has 0 saturated carbocycles. The Labute approximate surface area is 121 Å². The predicted octanol–water partition coefficient (Wildman–Crippen LogP) is 5.03. The number of hydrogen-bond acceptors (Lipinski definition) is 1. The maximum atomic E-state index is 2.35. The van der Waals surface area contributed by atoms with Crippen LogP contribution in [0.15, 0.2) is 90.7 Å². The van der Waals surface area contributed by atoms with Gasteiger partial charge in [-0.05, 0) is 25.1 Å². The van der Waals surface area contributed by atoms with Crippen LogP contribution in [0.4, 0.5) is 5.69 Å². The molecule has 0 amide bonds. The van der Waals surface area contributed by atoms with Crippen molar-refractivity contribution in [1.82, 2.24) is 0 Å². The second kappa shape index (κ2) is 8.00. The maximum absolute atomic E-state index is 2.35. The first-order valence-corrected chi connectivity index (χ1v) is 7.04. The Morgan fingerprint density at radius 1 is 1.05 bits per heavy atom. The Kier molecular flexibility index (Phi) is 5.66. The van der Waals surface area contributed by atoms with Crippen molar-refractivity contribution in [2.75, 3.05) is 11.4 Å². The minimum Gasteiger partial charge on any atom is -0.341 e. The summed E-state index contributed by atoms with van der Waals surface area (Å²) in [4.78, 5) is 2.35. The highest BCUT2D eigenvalue weighted by Crippen LogP contribution is 2.22. The van der Waals surface area contributed by atoms with E-state index in [-0.39, 0.29) is 0 Å². The van der Waals surface area contributed by atoms with Gasteiger partial charge in [0.1, 0.15) is 0 Å². The largest absolute Gasteiger partial charge is 0.341 e. The second-order valence-corrected chi connectivity index (χ2v) is 4.58. The topological polar surface area (TPSA) is 3.24 Å². The first-order valence-electron chi connectivity index (χ1n) is 7.04. The van der Waals surface area contributed by atoms with Gasteiger partial charge >= 0.3 is 0 Å². The quantitative estimate of drug-likeness (QED) is 0.674. The van der Waals surface area contributed by atoms with Crippen LogP contribution in [0.5, 0.6) is 0 Å². The molecule has 0 unspecified atom stereocenters. The lowest BCUT2D eigenvalue weighted by Crippen LogP contribution is -2.22. The zero-order valence-electron chi connectivity index (χ0n) is 11.9. The molecule has 0 fully saturated rings. The lowest BCUT2D eigenvalue weighted by molar-refractivity contribution is 0.966. The van der Waals surface area contributed by atoms with Crippen molar-refractivity contribution >= 4 is 5.69 Å². The number of nitrogens with zero attached hydrogens (tertiary/aromatic N) is 1. The van der Waals surface area contributed by atoms with E-state index in [1.54, 1.807) is 0 Å². The van der Waals surface area contributed by atoms with Gasteiger partial charge in [0.25, 0.3) is 0 Å². The highest BCUT2D eigenvalue weighted by molar-refractivity contribution is 5.54. The molecule has 1 aliphatic rings. The van der Waals surface area contributed by atoms with Crippen LogP contribution in [0.1, 0.15) is 13.3 Å². The average Bonchev–Trinajstić information content (AvgIpc) is 2.77. The molecule has 0 spiro atoms. The van der Waals surface area contributed by atoms with Crippen molar-refractivity contribution in [2.24, 2.45) is 0 Å². The molecule has 20 heavy (non-hydrogen) atoms. The number of rotatable bonds is 5. The van der Waals surface area contributed by atoms with Crippen LogP contribution in [0.2, 0.25) is 0 Å². The summed E-state index contributed by atoms with van der Waals surface area (Å²) in [7, 11) is 0. The van der Waals surface area contributed by atoms with Crippen LogP contribution in [0, 0.1) is 0 Å². The fraction of sp³-hybridized carbons (Fsp3) is 0.158. The van der Waals surface area contributed by atoms with Gasteiger partial charge in [-0.1, -0.05) is 66.8 Å². The molecule has 1 aliphatic carbocycles. The fourth-order valence-corrected chi connectivity index (χ4v) is 2.12. The highest BCUT2D eigenvalue weighted by Gasteiger charge is 2.09. The van der Waals surface area contributed by atoms with Crippen LogP contribution < -0.4 is 4.90 Å². The average molecular weight is 263 g/mol. The van der Waals surface area contributed by atoms with Crippen molar-refractivity contribution in [3.8, 4) is 0 Å². The molecule has 0 saturated heterocycles. The molecule has 0 aliphatic heterocycles. The SMILES string of the molecule is C/C=C\C=C/CN(C1=CC=CC=CC1)c1ccccc1. The molecular formula is C19H21N. The molecule has 102 valence electrons. The first kappa shape index (κ1) is 14.1. The predicted molar refractivity (Wildman–Crippen MR) is 88.7 cm³/mol. The van der Waals surface area contributed by atoms with E-state index < -0.39 is 0 Å². The van der Waals surface area contributed by atoms with Crippen LogP contribution in [-0.4, -0.2) is 6.54 Å². The van der Waals surface area contributed by atoms with E-state index >= 15 is 0 Å². The summed E-state index contributed by atoms with van der Waals surface area (Å²) in [6, 6.07) is 10.5. The Bertz CT molecular complexity index is 544. The zero-order valence-corrected chi connectivity index (χ0v) is 11.9. The fourth-order valence-electron chi connectivity index (χ4n) is 2.12. The van der Waals surface area contributed by atoms with E-state index in [0.717, 1.165) is 13.0 Å². The molecule has 0 aromatic heterocycles. The van der Waals surface area contributed by atoms with Gasteiger partial charge < -0.3 is 4.90 Å². The van der Waals surface area contributed by atoms with Crippen molar-refractivity contribution in [3.63, 3.8) is 0 Å². The number of hydrogen-bond donors (Lipinski definition) is 0. The van der Waals surface area contributed by atoms with Crippen LogP contribution in [0.25, 0.3) is 0 Å². The van der Waals surface area contributed by atoms with Gasteiger partial charge in [0.2, 0.25) is 0 Å². The van der Waals surface area contributed by atoms with Crippen molar-refractivity contribution in [1.29, 1.82) is 0 Å². The minimum atomic E-state index is 0.877. The van der Waals surface area contributed by atoms with E-state index in [0.29, 0.717) is 0 Å². The van der Waals surface area contributed by atoms with Gasteiger partial charge in [-0.25, -0.2) is 0 Å². The lowest BCUT2D eigenvalue weighted by Gasteiger charge is -2.25. The number of allylic oxidation sites excluding steroid dienone is 8. The molecule has 0 bridgehead atoms. The smallest absolute Gasteiger partial charge is 0.0412 e. The summed E-state index contributed by atoms with van der Waals surface area (Å²) in [5.74, 6) is 0. The second-order valence-electron chi connectivity index (χ2n) is 4.58. The maximum Gasteiger partial charge on any atom is 0.0412 e. The molecule has 0 atom stereocenters. The van der Waals surface area contributed by atoms with Gasteiger partial charge in [-0.3, -0.25) is 0 Å². The van der Waals surface area contributed by atoms with Crippen LogP contribution >= 0.6 is 0 Å². The molecule has 1 nitrogen and oxygen atoms in total. The van der Waals surface area contributed by atoms with Gasteiger partial charge in [0, 0.05) is 24.4 Å². The molecule has 1 aromatic carbocycles. The summed E-state index contributed by atoms with van der Waals surface area (Å²) < 4.78 is 0. The van der Waals surface area contributed by atoms with E-state index in [9.17, 15) is 0 Å². The van der Waals surface area contributed by atoms with Crippen LogP contribution in [0.3, 0.4) is 0 Å². The lowest BCUT2D eigenvalue weighted by atomic mass is 10.2. The third-order valence-corrected chi connectivity index (χ3v) is 3.12. The summed E-state index contributed by atoms with van der Waals surface area (Å²) in [5.41, 5.74) is 2.54. The van der Waals surface area contributed by atoms with Gasteiger partial charge in [-0.2, -0.15) is 0 Å². The Morgan fingerprint density at radius 3 is 2.70 bits per heavy atom. The number of benzene rings is 1. The Morgan fingerprint density at radius 2 is 1.90 bits per heavy atom. The Hall–Kier alpha value is -2.28. The Balaban J connectivity index is 2.22. The summed E-state index contributed by atoms with van der Waals surface area (Å²) in [5, 5.41) is 0. The van der Waals surface area contributed by atoms with Crippen molar-refractivity contribution < 1.29 is 0 Å². The highest BCUT2D eigenvalue weighted by atomic mass is 15.1. The normalized spacial score (nSPS) is 14.8. The zero-order chi connectivity index (χ0) is 14.0. The van der Waals surface area contributed by atoms with Gasteiger partial charge in [0.05, 0.1) is 0 Å². The van der Waals surface area contributed by atoms with E-state index in [4.69, 9.17) is 0 Å². The summed E-state index contributed by atoms with van der Waals surface area (Å²) in [6.45, 7) is 2.91. The van der Waals surface area contributed by atoms with Crippen molar-refractivity contribution in [2.45, 2.75) is 13.3 Å². The van der Waals surface area contributed by atoms with E-state index in [2.05, 4.69) is 83.8 Å². The molecule has 1 aromatic rings. The minimum absolute atomic E-state index is 0.877. The monoisotopic (exact) mass is 263 g/mol. The molecule has 1 heteroatoms.